The van der Waals surface area contributed by atoms with Gasteiger partial charge in [-0.25, -0.2) is 0 Å². The maximum atomic E-state index is 5.68. The van der Waals surface area contributed by atoms with Gasteiger partial charge in [-0.05, 0) is 42.7 Å². The van der Waals surface area contributed by atoms with E-state index in [2.05, 4.69) is 60.2 Å². The highest BCUT2D eigenvalue weighted by Gasteiger charge is 2.37. The van der Waals surface area contributed by atoms with E-state index in [0.29, 0.717) is 5.41 Å². The van der Waals surface area contributed by atoms with E-state index in [4.69, 9.17) is 4.74 Å². The van der Waals surface area contributed by atoms with Gasteiger partial charge in [0.25, 0.3) is 0 Å². The summed E-state index contributed by atoms with van der Waals surface area (Å²) in [6, 6.07) is 8.82. The number of hydrogen-bond donors (Lipinski definition) is 1. The second-order valence-corrected chi connectivity index (χ2v) is 8.44. The molecule has 2 saturated heterocycles. The van der Waals surface area contributed by atoms with Gasteiger partial charge in [-0.1, -0.05) is 38.1 Å². The monoisotopic (exact) mass is 343 g/mol. The molecule has 0 atom stereocenters. The Morgan fingerprint density at radius 1 is 1.20 bits per heavy atom. The number of hydrogen-bond acceptors (Lipinski definition) is 2. The molecule has 2 aliphatic heterocycles. The standard InChI is InChI=1S/C21H33N3O/c1-17-7-5-6-8-18(17)21(10-13-25-14-11-21)15-23-19(22-4)24-12-9-20(2,3)16-24/h5-8H,9-16H2,1-4H3,(H,22,23). The Morgan fingerprint density at radius 2 is 1.92 bits per heavy atom. The number of nitrogens with one attached hydrogen (secondary N) is 1. The lowest BCUT2D eigenvalue weighted by Gasteiger charge is -2.40. The first kappa shape index (κ1) is 18.2. The van der Waals surface area contributed by atoms with Crippen LogP contribution in [-0.4, -0.2) is 50.8 Å². The Balaban J connectivity index is 1.76. The van der Waals surface area contributed by atoms with E-state index in [1.54, 1.807) is 0 Å². The van der Waals surface area contributed by atoms with Gasteiger partial charge in [0.15, 0.2) is 5.96 Å². The van der Waals surface area contributed by atoms with Crippen LogP contribution >= 0.6 is 0 Å². The highest BCUT2D eigenvalue weighted by Crippen LogP contribution is 2.36. The first-order chi connectivity index (χ1) is 12.0. The van der Waals surface area contributed by atoms with Gasteiger partial charge < -0.3 is 15.0 Å². The summed E-state index contributed by atoms with van der Waals surface area (Å²) < 4.78 is 5.68. The van der Waals surface area contributed by atoms with Crippen LogP contribution < -0.4 is 5.32 Å². The molecule has 4 nitrogen and oxygen atoms in total. The summed E-state index contributed by atoms with van der Waals surface area (Å²) >= 11 is 0. The third kappa shape index (κ3) is 4.00. The van der Waals surface area contributed by atoms with Crippen LogP contribution in [0.4, 0.5) is 0 Å². The highest BCUT2D eigenvalue weighted by molar-refractivity contribution is 5.80. The van der Waals surface area contributed by atoms with E-state index in [-0.39, 0.29) is 5.41 Å². The molecular formula is C21H33N3O. The molecule has 2 aliphatic rings. The van der Waals surface area contributed by atoms with Crippen LogP contribution in [0.3, 0.4) is 0 Å². The fourth-order valence-electron chi connectivity index (χ4n) is 4.35. The summed E-state index contributed by atoms with van der Waals surface area (Å²) in [5, 5.41) is 3.71. The lowest BCUT2D eigenvalue weighted by Crippen LogP contribution is -2.49. The predicted octanol–water partition coefficient (Wildman–Crippen LogP) is 3.35. The van der Waals surface area contributed by atoms with Crippen LogP contribution in [0.15, 0.2) is 29.3 Å². The average Bonchev–Trinajstić information content (AvgIpc) is 2.96. The lowest BCUT2D eigenvalue weighted by atomic mass is 9.72. The van der Waals surface area contributed by atoms with Gasteiger partial charge in [0.05, 0.1) is 0 Å². The predicted molar refractivity (Wildman–Crippen MR) is 104 cm³/mol. The van der Waals surface area contributed by atoms with Crippen molar-refractivity contribution < 1.29 is 4.74 Å². The van der Waals surface area contributed by atoms with Crippen molar-refractivity contribution in [3.63, 3.8) is 0 Å². The summed E-state index contributed by atoms with van der Waals surface area (Å²) in [5.74, 6) is 1.05. The number of aliphatic imine (C=N–C) groups is 1. The Labute approximate surface area is 152 Å². The molecule has 0 amide bonds. The smallest absolute Gasteiger partial charge is 0.193 e. The van der Waals surface area contributed by atoms with Crippen LogP contribution in [0, 0.1) is 12.3 Å². The number of likely N-dealkylation sites (tertiary alicyclic amines) is 1. The van der Waals surface area contributed by atoms with Gasteiger partial charge in [0, 0.05) is 45.3 Å². The molecule has 138 valence electrons. The van der Waals surface area contributed by atoms with Crippen LogP contribution in [-0.2, 0) is 10.2 Å². The third-order valence-corrected chi connectivity index (χ3v) is 5.94. The van der Waals surface area contributed by atoms with Crippen LogP contribution in [0.1, 0.15) is 44.2 Å². The van der Waals surface area contributed by atoms with Crippen molar-refractivity contribution in [3.05, 3.63) is 35.4 Å². The molecule has 0 aliphatic carbocycles. The molecule has 0 radical (unpaired) electrons. The Hall–Kier alpha value is -1.55. The van der Waals surface area contributed by atoms with Crippen LogP contribution in [0.5, 0.6) is 0 Å². The van der Waals surface area contributed by atoms with E-state index in [9.17, 15) is 0 Å². The second kappa shape index (κ2) is 7.36. The summed E-state index contributed by atoms with van der Waals surface area (Å²) in [5.41, 5.74) is 3.35. The molecule has 1 aromatic rings. The quantitative estimate of drug-likeness (QED) is 0.675. The number of ether oxygens (including phenoxy) is 1. The highest BCUT2D eigenvalue weighted by atomic mass is 16.5. The van der Waals surface area contributed by atoms with Gasteiger partial charge in [-0.2, -0.15) is 0 Å². The first-order valence-corrected chi connectivity index (χ1v) is 9.55. The summed E-state index contributed by atoms with van der Waals surface area (Å²) in [6.07, 6.45) is 3.35. The van der Waals surface area contributed by atoms with E-state index in [0.717, 1.165) is 51.6 Å². The van der Waals surface area contributed by atoms with E-state index < -0.39 is 0 Å². The molecule has 0 aromatic heterocycles. The first-order valence-electron chi connectivity index (χ1n) is 9.55. The van der Waals surface area contributed by atoms with Crippen molar-refractivity contribution >= 4 is 5.96 Å². The minimum absolute atomic E-state index is 0.134. The summed E-state index contributed by atoms with van der Waals surface area (Å²) in [4.78, 5) is 6.98. The second-order valence-electron chi connectivity index (χ2n) is 8.44. The van der Waals surface area contributed by atoms with E-state index in [1.165, 1.54) is 17.5 Å². The van der Waals surface area contributed by atoms with Crippen LogP contribution in [0.2, 0.25) is 0 Å². The maximum Gasteiger partial charge on any atom is 0.193 e. The number of aryl methyl sites for hydroxylation is 1. The van der Waals surface area contributed by atoms with Crippen molar-refractivity contribution in [2.75, 3.05) is 39.9 Å². The molecule has 0 unspecified atom stereocenters. The zero-order valence-electron chi connectivity index (χ0n) is 16.3. The molecule has 0 bridgehead atoms. The van der Waals surface area contributed by atoms with Crippen molar-refractivity contribution in [2.45, 2.75) is 45.4 Å². The molecular weight excluding hydrogens is 310 g/mol. The number of rotatable bonds is 3. The molecule has 25 heavy (non-hydrogen) atoms. The molecule has 4 heteroatoms. The molecule has 3 rings (SSSR count). The Kier molecular flexibility index (Phi) is 5.38. The molecule has 2 fully saturated rings. The fourth-order valence-corrected chi connectivity index (χ4v) is 4.35. The maximum absolute atomic E-state index is 5.68. The van der Waals surface area contributed by atoms with Gasteiger partial charge in [0.2, 0.25) is 0 Å². The van der Waals surface area contributed by atoms with Crippen molar-refractivity contribution in [1.82, 2.24) is 10.2 Å². The number of benzene rings is 1. The van der Waals surface area contributed by atoms with Crippen molar-refractivity contribution in [3.8, 4) is 0 Å². The number of guanidine groups is 1. The molecule has 0 spiro atoms. The largest absolute Gasteiger partial charge is 0.381 e. The van der Waals surface area contributed by atoms with Gasteiger partial charge in [-0.15, -0.1) is 0 Å². The normalized spacial score (nSPS) is 22.9. The fraction of sp³-hybridized carbons (Fsp3) is 0.667. The van der Waals surface area contributed by atoms with Gasteiger partial charge in [0.1, 0.15) is 0 Å². The van der Waals surface area contributed by atoms with Gasteiger partial charge >= 0.3 is 0 Å². The van der Waals surface area contributed by atoms with Crippen molar-refractivity contribution in [2.24, 2.45) is 10.4 Å². The third-order valence-electron chi connectivity index (χ3n) is 5.94. The van der Waals surface area contributed by atoms with Gasteiger partial charge in [-0.3, -0.25) is 4.99 Å². The van der Waals surface area contributed by atoms with Crippen molar-refractivity contribution in [1.29, 1.82) is 0 Å². The molecule has 2 heterocycles. The lowest BCUT2D eigenvalue weighted by molar-refractivity contribution is 0.0510. The molecule has 1 N–H and O–H groups in total. The minimum Gasteiger partial charge on any atom is -0.381 e. The Morgan fingerprint density at radius 3 is 2.52 bits per heavy atom. The Bertz CT molecular complexity index is 617. The summed E-state index contributed by atoms with van der Waals surface area (Å²) in [7, 11) is 1.90. The summed E-state index contributed by atoms with van der Waals surface area (Å²) in [6.45, 7) is 11.7. The molecule has 1 aromatic carbocycles. The minimum atomic E-state index is 0.134. The van der Waals surface area contributed by atoms with E-state index >= 15 is 0 Å². The topological polar surface area (TPSA) is 36.9 Å². The zero-order valence-corrected chi connectivity index (χ0v) is 16.3. The molecule has 0 saturated carbocycles. The number of nitrogens with zero attached hydrogens (tertiary/aromatic N) is 2. The van der Waals surface area contributed by atoms with Crippen LogP contribution in [0.25, 0.3) is 0 Å². The van der Waals surface area contributed by atoms with E-state index in [1.807, 2.05) is 7.05 Å². The average molecular weight is 344 g/mol. The zero-order chi connectivity index (χ0) is 17.9. The SMILES string of the molecule is CN=C(NCC1(c2ccccc2C)CCOCC1)N1CCC(C)(C)C1.